The highest BCUT2D eigenvalue weighted by atomic mass is 19.1. The van der Waals surface area contributed by atoms with Crippen molar-refractivity contribution in [3.63, 3.8) is 0 Å². The lowest BCUT2D eigenvalue weighted by molar-refractivity contribution is -0.140. The molecule has 4 atom stereocenters. The van der Waals surface area contributed by atoms with Crippen LogP contribution in [0.4, 0.5) is 4.39 Å². The van der Waals surface area contributed by atoms with Gasteiger partial charge in [-0.25, -0.2) is 4.39 Å². The van der Waals surface area contributed by atoms with E-state index >= 15 is 0 Å². The van der Waals surface area contributed by atoms with E-state index in [4.69, 9.17) is 14.2 Å². The maximum Gasteiger partial charge on any atom is 0.254 e. The van der Waals surface area contributed by atoms with E-state index in [-0.39, 0.29) is 47.9 Å². The van der Waals surface area contributed by atoms with Crippen LogP contribution in [0.5, 0.6) is 17.2 Å². The topological polar surface area (TPSA) is 77.4 Å². The van der Waals surface area contributed by atoms with Gasteiger partial charge in [-0.2, -0.15) is 10.1 Å². The van der Waals surface area contributed by atoms with Crippen LogP contribution in [-0.4, -0.2) is 37.3 Å². The van der Waals surface area contributed by atoms with Gasteiger partial charge in [-0.1, -0.05) is 24.3 Å². The van der Waals surface area contributed by atoms with Crippen LogP contribution in [0.3, 0.4) is 0 Å². The van der Waals surface area contributed by atoms with Crippen LogP contribution in [0.15, 0.2) is 53.7 Å². The largest absolute Gasteiger partial charge is 0.493 e. The van der Waals surface area contributed by atoms with E-state index in [1.165, 1.54) is 32.6 Å². The molecule has 0 N–H and O–H groups in total. The van der Waals surface area contributed by atoms with Crippen LogP contribution in [0.1, 0.15) is 17.5 Å². The Kier molecular flexibility index (Phi) is 5.36. The molecule has 2 bridgehead atoms. The number of allylic oxidation sites excluding steroid dienone is 2. The molecule has 1 saturated heterocycles. The summed E-state index contributed by atoms with van der Waals surface area (Å²) in [5.74, 6) is 0.0579. The fraction of sp³-hybridized carbons (Fsp3) is 0.320. The van der Waals surface area contributed by atoms with Gasteiger partial charge in [-0.05, 0) is 48.1 Å². The van der Waals surface area contributed by atoms with E-state index in [0.29, 0.717) is 22.8 Å². The third kappa shape index (κ3) is 3.65. The Morgan fingerprint density at radius 1 is 1.00 bits per heavy atom. The van der Waals surface area contributed by atoms with Gasteiger partial charge in [0.15, 0.2) is 11.5 Å². The van der Waals surface area contributed by atoms with Gasteiger partial charge < -0.3 is 14.2 Å². The molecule has 0 unspecified atom stereocenters. The number of imide groups is 1. The minimum absolute atomic E-state index is 0.134. The van der Waals surface area contributed by atoms with E-state index in [1.807, 2.05) is 12.2 Å². The molecule has 7 nitrogen and oxygen atoms in total. The van der Waals surface area contributed by atoms with Crippen molar-refractivity contribution in [2.45, 2.75) is 13.0 Å². The molecule has 0 radical (unpaired) electrons. The second-order valence-electron chi connectivity index (χ2n) is 8.40. The van der Waals surface area contributed by atoms with Gasteiger partial charge in [0.25, 0.3) is 11.8 Å². The van der Waals surface area contributed by atoms with E-state index in [2.05, 4.69) is 5.10 Å². The van der Waals surface area contributed by atoms with Gasteiger partial charge in [0, 0.05) is 5.56 Å². The first-order valence-electron chi connectivity index (χ1n) is 10.7. The lowest BCUT2D eigenvalue weighted by Crippen LogP contribution is -2.28. The Labute approximate surface area is 190 Å². The van der Waals surface area contributed by atoms with Gasteiger partial charge in [0.05, 0.1) is 32.3 Å². The second kappa shape index (κ2) is 8.35. The normalized spacial score (nSPS) is 25.2. The zero-order chi connectivity index (χ0) is 23.1. The minimum Gasteiger partial charge on any atom is -0.493 e. The van der Waals surface area contributed by atoms with Crippen LogP contribution >= 0.6 is 0 Å². The molecule has 1 heterocycles. The number of halogens is 1. The Morgan fingerprint density at radius 2 is 1.58 bits per heavy atom. The van der Waals surface area contributed by atoms with Crippen LogP contribution in [0, 0.1) is 29.5 Å². The van der Waals surface area contributed by atoms with Gasteiger partial charge in [0.1, 0.15) is 12.4 Å². The molecule has 0 spiro atoms. The zero-order valence-electron chi connectivity index (χ0n) is 18.2. The Morgan fingerprint density at radius 3 is 2.12 bits per heavy atom. The van der Waals surface area contributed by atoms with Crippen molar-refractivity contribution in [1.29, 1.82) is 0 Å². The standard InChI is InChI=1S/C25H23FN2O5/c1-31-19-9-15(10-20(32-2)23(19)33-13-14-3-7-18(26)8-4-14)12-27-28-24(29)21-16-5-6-17(11-16)22(21)25(28)30/h3-10,12,16-17,21-22H,11,13H2,1-2H3/t16-,17-,21-,22+/m0/s1. The predicted molar refractivity (Wildman–Crippen MR) is 117 cm³/mol. The first kappa shape index (κ1) is 21.2. The summed E-state index contributed by atoms with van der Waals surface area (Å²) in [7, 11) is 3.00. The fourth-order valence-electron chi connectivity index (χ4n) is 4.98. The maximum atomic E-state index is 13.1. The van der Waals surface area contributed by atoms with Crippen LogP contribution in [0.2, 0.25) is 0 Å². The summed E-state index contributed by atoms with van der Waals surface area (Å²) < 4.78 is 29.9. The number of fused-ring (bicyclic) bond motifs is 5. The van der Waals surface area contributed by atoms with E-state index in [0.717, 1.165) is 17.0 Å². The van der Waals surface area contributed by atoms with Gasteiger partial charge in [0.2, 0.25) is 5.75 Å². The maximum absolute atomic E-state index is 13.1. The Bertz CT molecular complexity index is 1100. The van der Waals surface area contributed by atoms with Gasteiger partial charge in [-0.15, -0.1) is 0 Å². The minimum atomic E-state index is -0.319. The van der Waals surface area contributed by atoms with Crippen molar-refractivity contribution in [2.24, 2.45) is 28.8 Å². The lowest BCUT2D eigenvalue weighted by Gasteiger charge is -2.16. The van der Waals surface area contributed by atoms with Gasteiger partial charge in [-0.3, -0.25) is 9.59 Å². The molecule has 5 rings (SSSR count). The average molecular weight is 450 g/mol. The van der Waals surface area contributed by atoms with Crippen LogP contribution in [-0.2, 0) is 16.2 Å². The number of hydrazone groups is 1. The Hall–Kier alpha value is -3.68. The van der Waals surface area contributed by atoms with E-state index < -0.39 is 0 Å². The second-order valence-corrected chi connectivity index (χ2v) is 8.40. The lowest BCUT2D eigenvalue weighted by atomic mass is 9.85. The average Bonchev–Trinajstić information content (AvgIpc) is 3.51. The summed E-state index contributed by atoms with van der Waals surface area (Å²) in [4.78, 5) is 25.6. The molecule has 2 aromatic rings. The SMILES string of the molecule is COc1cc(C=NN2C(=O)[C@@H]3[C@H](C2=O)[C@H]2C=C[C@H]3C2)cc(OC)c1OCc1ccc(F)cc1. The molecule has 1 saturated carbocycles. The molecule has 2 aliphatic carbocycles. The van der Waals surface area contributed by atoms with Crippen molar-refractivity contribution in [2.75, 3.05) is 14.2 Å². The Balaban J connectivity index is 1.36. The fourth-order valence-corrected chi connectivity index (χ4v) is 4.98. The molecule has 8 heteroatoms. The number of amides is 2. The summed E-state index contributed by atoms with van der Waals surface area (Å²) in [6.45, 7) is 0.191. The summed E-state index contributed by atoms with van der Waals surface area (Å²) in [5.41, 5.74) is 1.36. The highest BCUT2D eigenvalue weighted by Gasteiger charge is 2.59. The highest BCUT2D eigenvalue weighted by Crippen LogP contribution is 2.52. The van der Waals surface area contributed by atoms with E-state index in [9.17, 15) is 14.0 Å². The summed E-state index contributed by atoms with van der Waals surface area (Å²) in [6, 6.07) is 9.37. The number of carbonyl (C=O) groups is 2. The first-order valence-corrected chi connectivity index (χ1v) is 10.7. The molecule has 2 fully saturated rings. The van der Waals surface area contributed by atoms with Crippen molar-refractivity contribution >= 4 is 18.0 Å². The smallest absolute Gasteiger partial charge is 0.254 e. The number of hydrogen-bond acceptors (Lipinski definition) is 6. The molecule has 1 aliphatic heterocycles. The molecular weight excluding hydrogens is 427 g/mol. The van der Waals surface area contributed by atoms with E-state index in [1.54, 1.807) is 24.3 Å². The number of benzene rings is 2. The molecule has 3 aliphatic rings. The molecule has 2 aromatic carbocycles. The molecule has 170 valence electrons. The third-order valence-electron chi connectivity index (χ3n) is 6.55. The van der Waals surface area contributed by atoms with Gasteiger partial charge >= 0.3 is 0 Å². The first-order chi connectivity index (χ1) is 16.0. The van der Waals surface area contributed by atoms with Crippen molar-refractivity contribution < 1.29 is 28.2 Å². The predicted octanol–water partition coefficient (Wildman–Crippen LogP) is 3.56. The highest BCUT2D eigenvalue weighted by molar-refractivity contribution is 6.06. The zero-order valence-corrected chi connectivity index (χ0v) is 18.2. The molecule has 33 heavy (non-hydrogen) atoms. The monoisotopic (exact) mass is 450 g/mol. The summed E-state index contributed by atoms with van der Waals surface area (Å²) >= 11 is 0. The quantitative estimate of drug-likeness (QED) is 0.366. The number of nitrogens with zero attached hydrogens (tertiary/aromatic N) is 2. The third-order valence-corrected chi connectivity index (χ3v) is 6.55. The van der Waals surface area contributed by atoms with Crippen molar-refractivity contribution in [1.82, 2.24) is 5.01 Å². The summed E-state index contributed by atoms with van der Waals surface area (Å²) in [5, 5.41) is 5.21. The van der Waals surface area contributed by atoms with Crippen LogP contribution in [0.25, 0.3) is 0 Å². The number of ether oxygens (including phenoxy) is 3. The number of rotatable bonds is 7. The van der Waals surface area contributed by atoms with Crippen LogP contribution < -0.4 is 14.2 Å². The van der Waals surface area contributed by atoms with Crippen molar-refractivity contribution in [3.8, 4) is 17.2 Å². The number of methoxy groups -OCH3 is 2. The molecule has 0 aromatic heterocycles. The number of carbonyl (C=O) groups excluding carboxylic acids is 2. The summed E-state index contributed by atoms with van der Waals surface area (Å²) in [6.07, 6.45) is 6.41. The molecular formula is C25H23FN2O5. The molecule has 2 amide bonds. The number of hydrogen-bond donors (Lipinski definition) is 0. The van der Waals surface area contributed by atoms with Crippen molar-refractivity contribution in [3.05, 3.63) is 65.5 Å².